The predicted octanol–water partition coefficient (Wildman–Crippen LogP) is 3.50. The van der Waals surface area contributed by atoms with Gasteiger partial charge in [0.05, 0.1) is 25.3 Å². The molecule has 5 rings (SSSR count). The van der Waals surface area contributed by atoms with Crippen molar-refractivity contribution in [2.24, 2.45) is 0 Å². The Hall–Kier alpha value is -2.96. The Bertz CT molecular complexity index is 1200. The molecule has 2 atom stereocenters. The Labute approximate surface area is 167 Å². The van der Waals surface area contributed by atoms with Gasteiger partial charge in [-0.1, -0.05) is 6.58 Å². The molecule has 0 aromatic carbocycles. The van der Waals surface area contributed by atoms with Gasteiger partial charge in [0.15, 0.2) is 5.65 Å². The number of rotatable bonds is 0. The standard InChI is InChI=1S/C21H23FN6/c1-13-5-6-18-16(10-15(22)11-23-18)19-4-3-8-27(19)20-7-9-28-21(26-20)17(12-24-28)14(2)25-13/h7,9-13,19,25H,2-6,8H2,1H3/t13-,19?/m1/s1/i4D2,19D. The number of nitrogens with one attached hydrogen (secondary N) is 1. The van der Waals surface area contributed by atoms with Crippen LogP contribution in [0.2, 0.25) is 0 Å². The first-order valence-electron chi connectivity index (χ1n) is 10.9. The van der Waals surface area contributed by atoms with Crippen LogP contribution < -0.4 is 10.2 Å². The van der Waals surface area contributed by atoms with E-state index in [1.54, 1.807) is 27.9 Å². The highest BCUT2D eigenvalue weighted by Crippen LogP contribution is 2.37. The van der Waals surface area contributed by atoms with E-state index in [4.69, 9.17) is 7.73 Å². The smallest absolute Gasteiger partial charge is 0.166 e. The molecule has 5 heterocycles. The maximum Gasteiger partial charge on any atom is 0.166 e. The molecule has 3 aromatic rings. The first kappa shape index (κ1) is 14.1. The molecule has 3 aromatic heterocycles. The second kappa shape index (κ2) is 6.58. The van der Waals surface area contributed by atoms with Crippen molar-refractivity contribution in [3.05, 3.63) is 59.9 Å². The SMILES string of the molecule is [2H]C1([2H])CCN2c3ccn4ncc(c4n3)C(=C)N[C@H](C)CCc3ncc(F)cc3C21[2H]. The Balaban J connectivity index is 1.78. The summed E-state index contributed by atoms with van der Waals surface area (Å²) in [4.78, 5) is 10.6. The highest BCUT2D eigenvalue weighted by molar-refractivity contribution is 5.74. The molecule has 0 aliphatic carbocycles. The van der Waals surface area contributed by atoms with Crippen LogP contribution >= 0.6 is 0 Å². The number of hydrogen-bond donors (Lipinski definition) is 1. The van der Waals surface area contributed by atoms with Gasteiger partial charge < -0.3 is 10.2 Å². The molecule has 0 radical (unpaired) electrons. The lowest BCUT2D eigenvalue weighted by Gasteiger charge is -2.27. The summed E-state index contributed by atoms with van der Waals surface area (Å²) >= 11 is 0. The van der Waals surface area contributed by atoms with Gasteiger partial charge in [-0.25, -0.2) is 13.9 Å². The largest absolute Gasteiger partial charge is 0.382 e. The number of aromatic nitrogens is 4. The van der Waals surface area contributed by atoms with E-state index >= 15 is 0 Å². The molecule has 144 valence electrons. The van der Waals surface area contributed by atoms with E-state index in [0.29, 0.717) is 35.7 Å². The second-order valence-electron chi connectivity index (χ2n) is 7.25. The van der Waals surface area contributed by atoms with E-state index in [2.05, 4.69) is 22.0 Å². The lowest BCUT2D eigenvalue weighted by molar-refractivity contribution is 0.575. The summed E-state index contributed by atoms with van der Waals surface area (Å²) in [5.41, 5.74) is 2.76. The minimum Gasteiger partial charge on any atom is -0.382 e. The first-order chi connectivity index (χ1) is 14.7. The minimum absolute atomic E-state index is 0.0178. The third-order valence-corrected chi connectivity index (χ3v) is 5.28. The summed E-state index contributed by atoms with van der Waals surface area (Å²) < 4.78 is 42.7. The molecule has 1 fully saturated rings. The number of nitrogens with zero attached hydrogens (tertiary/aromatic N) is 5. The molecule has 0 saturated carbocycles. The molecule has 2 aliphatic rings. The van der Waals surface area contributed by atoms with Crippen LogP contribution in [-0.2, 0) is 6.42 Å². The maximum atomic E-state index is 14.3. The van der Waals surface area contributed by atoms with Crippen LogP contribution in [0.25, 0.3) is 11.3 Å². The minimum atomic E-state index is -1.93. The quantitative estimate of drug-likeness (QED) is 0.646. The van der Waals surface area contributed by atoms with Gasteiger partial charge in [-0.2, -0.15) is 5.10 Å². The fraction of sp³-hybridized carbons (Fsp3) is 0.381. The van der Waals surface area contributed by atoms with Crippen molar-refractivity contribution in [2.75, 3.05) is 11.4 Å². The highest BCUT2D eigenvalue weighted by atomic mass is 19.1. The van der Waals surface area contributed by atoms with Crippen LogP contribution in [0.1, 0.15) is 53.1 Å². The third-order valence-electron chi connectivity index (χ3n) is 5.28. The number of aryl methyl sites for hydroxylation is 1. The van der Waals surface area contributed by atoms with Gasteiger partial charge in [-0.05, 0) is 50.3 Å². The van der Waals surface area contributed by atoms with Crippen molar-refractivity contribution in [2.45, 2.75) is 44.6 Å². The average molecular weight is 381 g/mol. The Morgan fingerprint density at radius 1 is 1.43 bits per heavy atom. The second-order valence-corrected chi connectivity index (χ2v) is 7.25. The summed E-state index contributed by atoms with van der Waals surface area (Å²) in [6, 6.07) is 1.11. The number of halogens is 1. The van der Waals surface area contributed by atoms with Crippen LogP contribution in [0.4, 0.5) is 10.2 Å². The molecule has 2 aliphatic heterocycles. The van der Waals surface area contributed by atoms with Gasteiger partial charge in [0.2, 0.25) is 0 Å². The van der Waals surface area contributed by atoms with E-state index in [9.17, 15) is 5.76 Å². The van der Waals surface area contributed by atoms with Crippen molar-refractivity contribution < 1.29 is 8.50 Å². The fourth-order valence-corrected chi connectivity index (χ4v) is 3.86. The highest BCUT2D eigenvalue weighted by Gasteiger charge is 2.30. The lowest BCUT2D eigenvalue weighted by atomic mass is 9.98. The van der Waals surface area contributed by atoms with Crippen LogP contribution in [0.15, 0.2) is 37.3 Å². The summed E-state index contributed by atoms with van der Waals surface area (Å²) in [6.45, 7) is 6.43. The van der Waals surface area contributed by atoms with Crippen molar-refractivity contribution >= 4 is 17.2 Å². The molecule has 0 spiro atoms. The van der Waals surface area contributed by atoms with Crippen LogP contribution in [0.3, 0.4) is 0 Å². The van der Waals surface area contributed by atoms with Crippen molar-refractivity contribution in [1.82, 2.24) is 24.9 Å². The molecule has 7 heteroatoms. The topological polar surface area (TPSA) is 58.4 Å². The summed E-state index contributed by atoms with van der Waals surface area (Å²) in [5, 5.41) is 7.71. The fourth-order valence-electron chi connectivity index (χ4n) is 3.86. The Morgan fingerprint density at radius 3 is 3.21 bits per heavy atom. The van der Waals surface area contributed by atoms with Crippen molar-refractivity contribution in [3.63, 3.8) is 0 Å². The predicted molar refractivity (Wildman–Crippen MR) is 106 cm³/mol. The number of fused-ring (bicyclic) bond motifs is 5. The van der Waals surface area contributed by atoms with E-state index in [1.807, 2.05) is 6.92 Å². The van der Waals surface area contributed by atoms with Crippen LogP contribution in [-0.4, -0.2) is 32.2 Å². The monoisotopic (exact) mass is 381 g/mol. The van der Waals surface area contributed by atoms with Crippen molar-refractivity contribution in [1.29, 1.82) is 0 Å². The Morgan fingerprint density at radius 2 is 2.32 bits per heavy atom. The maximum absolute atomic E-state index is 14.3. The van der Waals surface area contributed by atoms with E-state index < -0.39 is 18.2 Å². The number of anilines is 1. The first-order valence-corrected chi connectivity index (χ1v) is 9.43. The van der Waals surface area contributed by atoms with Gasteiger partial charge in [-0.3, -0.25) is 4.98 Å². The Kier molecular flexibility index (Phi) is 3.31. The molecule has 0 amide bonds. The van der Waals surface area contributed by atoms with Gasteiger partial charge in [0.25, 0.3) is 0 Å². The summed E-state index contributed by atoms with van der Waals surface area (Å²) in [5.74, 6) is -0.153. The molecule has 1 unspecified atom stereocenters. The average Bonchev–Trinajstić information content (AvgIpc) is 3.25. The van der Waals surface area contributed by atoms with Gasteiger partial charge in [0, 0.05) is 32.9 Å². The molecular weight excluding hydrogens is 355 g/mol. The van der Waals surface area contributed by atoms with Crippen LogP contribution in [0.5, 0.6) is 0 Å². The van der Waals surface area contributed by atoms with E-state index in [1.165, 1.54) is 6.07 Å². The van der Waals surface area contributed by atoms with Gasteiger partial charge in [-0.15, -0.1) is 0 Å². The molecule has 6 nitrogen and oxygen atoms in total. The normalized spacial score (nSPS) is 28.2. The van der Waals surface area contributed by atoms with Crippen molar-refractivity contribution in [3.8, 4) is 0 Å². The summed E-state index contributed by atoms with van der Waals surface area (Å²) in [7, 11) is 0. The summed E-state index contributed by atoms with van der Waals surface area (Å²) in [6.07, 6.45) is 3.87. The zero-order chi connectivity index (χ0) is 22.0. The van der Waals surface area contributed by atoms with E-state index in [0.717, 1.165) is 11.8 Å². The lowest BCUT2D eigenvalue weighted by Crippen LogP contribution is -2.26. The third kappa shape index (κ3) is 2.82. The van der Waals surface area contributed by atoms with Gasteiger partial charge in [0.1, 0.15) is 11.6 Å². The molecular formula is C21H23FN6. The number of pyridine rings is 1. The zero-order valence-corrected chi connectivity index (χ0v) is 15.6. The van der Waals surface area contributed by atoms with Gasteiger partial charge >= 0.3 is 0 Å². The molecule has 28 heavy (non-hydrogen) atoms. The molecule has 1 N–H and O–H groups in total. The molecule has 1 saturated heterocycles. The van der Waals surface area contributed by atoms with E-state index in [-0.39, 0.29) is 24.6 Å². The van der Waals surface area contributed by atoms with Crippen LogP contribution in [0, 0.1) is 5.82 Å². The zero-order valence-electron chi connectivity index (χ0n) is 18.6. The number of hydrogen-bond acceptors (Lipinski definition) is 5. The molecule has 2 bridgehead atoms.